The zero-order chi connectivity index (χ0) is 29.1. The fraction of sp³-hybridized carbons (Fsp3) is 0.519. The zero-order valence-electron chi connectivity index (χ0n) is 23.9. The van der Waals surface area contributed by atoms with E-state index in [4.69, 9.17) is 25.2 Å². The predicted molar refractivity (Wildman–Crippen MR) is 148 cm³/mol. The molecule has 0 spiro atoms. The number of aromatic nitrogens is 4. The Morgan fingerprint density at radius 3 is 2.77 bits per heavy atom. The second kappa shape index (κ2) is 11.8. The van der Waals surface area contributed by atoms with Gasteiger partial charge >= 0.3 is 0 Å². The molecular weight excluding hydrogens is 533 g/mol. The van der Waals surface area contributed by atoms with Crippen molar-refractivity contribution in [2.45, 2.75) is 77.1 Å². The molecule has 2 aliphatic rings. The molecule has 2 aromatic heterocycles. The number of fused-ring (bicyclic) bond motifs is 3. The van der Waals surface area contributed by atoms with Crippen molar-refractivity contribution in [1.82, 2.24) is 24.2 Å². The Kier molecular flexibility index (Phi) is 8.03. The number of amides is 1. The number of nitriles is 1. The summed E-state index contributed by atoms with van der Waals surface area (Å²) in [6, 6.07) is 11.2. The van der Waals surface area contributed by atoms with Crippen molar-refractivity contribution < 1.29 is 24.7 Å². The minimum Gasteiger partial charge on any atom is -0.368 e. The molecule has 2 aliphatic heterocycles. The van der Waals surface area contributed by atoms with Crippen LogP contribution >= 0.6 is 8.53 Å². The maximum Gasteiger partial charge on any atom is 0.259 e. The summed E-state index contributed by atoms with van der Waals surface area (Å²) in [5, 5.41) is 11.9. The van der Waals surface area contributed by atoms with Crippen LogP contribution in [0, 0.1) is 11.3 Å². The monoisotopic (exact) mass is 568 g/mol. The van der Waals surface area contributed by atoms with E-state index in [1.807, 2.05) is 6.07 Å². The van der Waals surface area contributed by atoms with Gasteiger partial charge in [0.1, 0.15) is 24.1 Å². The summed E-state index contributed by atoms with van der Waals surface area (Å²) >= 11 is 0. The third kappa shape index (κ3) is 5.46. The highest BCUT2D eigenvalue weighted by Crippen LogP contribution is 2.55. The van der Waals surface area contributed by atoms with Crippen LogP contribution in [0.15, 0.2) is 43.0 Å². The van der Waals surface area contributed by atoms with Crippen LogP contribution in [-0.4, -0.2) is 73.2 Å². The number of hydrogen-bond acceptors (Lipinski definition) is 10. The molecule has 212 valence electrons. The van der Waals surface area contributed by atoms with Gasteiger partial charge in [0.2, 0.25) is 0 Å². The Morgan fingerprint density at radius 2 is 2.08 bits per heavy atom. The molecule has 0 aliphatic carbocycles. The van der Waals surface area contributed by atoms with Crippen molar-refractivity contribution in [1.29, 1.82) is 5.26 Å². The first-order valence-electron chi connectivity index (χ1n) is 13.9. The van der Waals surface area contributed by atoms with Gasteiger partial charge in [0, 0.05) is 19.0 Å². The van der Waals surface area contributed by atoms with E-state index in [2.05, 4.69) is 58.7 Å². The van der Waals surface area contributed by atoms with Gasteiger partial charge in [0.15, 0.2) is 23.2 Å². The van der Waals surface area contributed by atoms with E-state index in [1.165, 1.54) is 6.33 Å². The molecular formula is C27H34N7O5P. The van der Waals surface area contributed by atoms with Crippen molar-refractivity contribution in [3.05, 3.63) is 48.5 Å². The Labute approximate surface area is 236 Å². The van der Waals surface area contributed by atoms with Gasteiger partial charge in [0.05, 0.1) is 32.0 Å². The number of ether oxygens (including phenoxy) is 2. The van der Waals surface area contributed by atoms with Crippen LogP contribution in [0.25, 0.3) is 11.2 Å². The SMILES string of the molecule is [2H]C[C@@]12CO[C@@H]([C@H](n3cnc4c(NC(=O)c5ccccc5)ncnc43)O1)[C@@H]2OP(OCCC#N)N(C(C)C)C(C)C. The molecule has 3 aromatic rings. The molecule has 1 N–H and O–H groups in total. The van der Waals surface area contributed by atoms with E-state index in [-0.39, 0.29) is 50.3 Å². The Hall–Kier alpha value is -3.04. The van der Waals surface area contributed by atoms with Gasteiger partial charge < -0.3 is 23.8 Å². The van der Waals surface area contributed by atoms with Crippen molar-refractivity contribution in [2.75, 3.05) is 18.5 Å². The van der Waals surface area contributed by atoms with E-state index < -0.39 is 32.6 Å². The third-order valence-corrected chi connectivity index (χ3v) is 8.85. The highest BCUT2D eigenvalue weighted by molar-refractivity contribution is 7.44. The van der Waals surface area contributed by atoms with Crippen LogP contribution in [0.2, 0.25) is 0 Å². The summed E-state index contributed by atoms with van der Waals surface area (Å²) in [6.45, 7) is 8.61. The highest BCUT2D eigenvalue weighted by atomic mass is 31.2. The molecule has 1 unspecified atom stereocenters. The first-order chi connectivity index (χ1) is 19.8. The molecule has 2 bridgehead atoms. The van der Waals surface area contributed by atoms with Gasteiger partial charge in [0.25, 0.3) is 14.4 Å². The fourth-order valence-corrected chi connectivity index (χ4v) is 6.82. The second-order valence-corrected chi connectivity index (χ2v) is 11.7. The largest absolute Gasteiger partial charge is 0.368 e. The van der Waals surface area contributed by atoms with E-state index >= 15 is 0 Å². The van der Waals surface area contributed by atoms with Crippen molar-refractivity contribution >= 4 is 31.4 Å². The summed E-state index contributed by atoms with van der Waals surface area (Å²) in [5.74, 6) is -0.0421. The first kappa shape index (κ1) is 27.1. The molecule has 12 nitrogen and oxygen atoms in total. The standard InChI is InChI=1S/C27H34N7O5P/c1-17(2)34(18(3)4)40(37-13-9-12-28)39-22-21-26(38-27(22,5)14-36-21)33-16-31-20-23(29-15-30-24(20)33)32-25(35)19-10-7-6-8-11-19/h6-8,10-11,15-18,21-22,26H,9,13-14H2,1-5H3,(H,29,30,32,35)/t21-,22+,26-,27+,40?/m1/s1/i5D. The van der Waals surface area contributed by atoms with E-state index in [9.17, 15) is 4.79 Å². The number of nitrogens with one attached hydrogen (secondary N) is 1. The Balaban J connectivity index is 1.42. The molecule has 1 amide bonds. The van der Waals surface area contributed by atoms with Gasteiger partial charge in [-0.3, -0.25) is 9.36 Å². The highest BCUT2D eigenvalue weighted by Gasteiger charge is 2.62. The zero-order valence-corrected chi connectivity index (χ0v) is 23.8. The molecule has 2 fully saturated rings. The molecule has 40 heavy (non-hydrogen) atoms. The normalized spacial score (nSPS) is 25.1. The average molecular weight is 569 g/mol. The number of carbonyl (C=O) groups is 1. The lowest BCUT2D eigenvalue weighted by Gasteiger charge is -2.38. The number of rotatable bonds is 11. The molecule has 13 heteroatoms. The minimum absolute atomic E-state index is 0.0879. The van der Waals surface area contributed by atoms with Gasteiger partial charge in [-0.25, -0.2) is 19.6 Å². The lowest BCUT2D eigenvalue weighted by Crippen LogP contribution is -2.40. The van der Waals surface area contributed by atoms with Crippen LogP contribution in [0.5, 0.6) is 0 Å². The number of nitrogens with zero attached hydrogens (tertiary/aromatic N) is 6. The quantitative estimate of drug-likeness (QED) is 0.261. The smallest absolute Gasteiger partial charge is 0.259 e. The van der Waals surface area contributed by atoms with E-state index in [0.29, 0.717) is 16.7 Å². The summed E-state index contributed by atoms with van der Waals surface area (Å²) in [7, 11) is -1.58. The second-order valence-electron chi connectivity index (χ2n) is 10.3. The predicted octanol–water partition coefficient (Wildman–Crippen LogP) is 4.43. The summed E-state index contributed by atoms with van der Waals surface area (Å²) in [5.41, 5.74) is 0.309. The van der Waals surface area contributed by atoms with Crippen LogP contribution in [-0.2, 0) is 18.5 Å². The lowest BCUT2D eigenvalue weighted by molar-refractivity contribution is -0.164. The first-order valence-corrected chi connectivity index (χ1v) is 14.3. The number of imidazole rings is 1. The summed E-state index contributed by atoms with van der Waals surface area (Å²) < 4.78 is 37.7. The van der Waals surface area contributed by atoms with Crippen LogP contribution < -0.4 is 5.32 Å². The molecule has 0 saturated carbocycles. The van der Waals surface area contributed by atoms with Crippen LogP contribution in [0.3, 0.4) is 0 Å². The third-order valence-electron chi connectivity index (χ3n) is 6.74. The fourth-order valence-electron chi connectivity index (χ4n) is 5.01. The van der Waals surface area contributed by atoms with Gasteiger partial charge in [-0.2, -0.15) is 5.26 Å². The molecule has 5 atom stereocenters. The molecule has 5 rings (SSSR count). The van der Waals surface area contributed by atoms with E-state index in [1.54, 1.807) is 35.2 Å². The summed E-state index contributed by atoms with van der Waals surface area (Å²) in [6.07, 6.45) is 1.31. The van der Waals surface area contributed by atoms with Gasteiger partial charge in [-0.1, -0.05) is 18.2 Å². The molecule has 1 aromatic carbocycles. The number of anilines is 1. The molecule has 0 radical (unpaired) electrons. The average Bonchev–Trinajstić information content (AvgIpc) is 3.63. The Morgan fingerprint density at radius 1 is 1.30 bits per heavy atom. The van der Waals surface area contributed by atoms with Crippen LogP contribution in [0.4, 0.5) is 5.82 Å². The summed E-state index contributed by atoms with van der Waals surface area (Å²) in [4.78, 5) is 25.9. The van der Waals surface area contributed by atoms with Gasteiger partial charge in [-0.05, 0) is 46.7 Å². The molecule has 4 heterocycles. The number of benzene rings is 1. The van der Waals surface area contributed by atoms with Crippen LogP contribution in [0.1, 0.15) is 59.0 Å². The maximum absolute atomic E-state index is 12.8. The Bertz CT molecular complexity index is 1400. The van der Waals surface area contributed by atoms with Crippen molar-refractivity contribution in [3.8, 4) is 6.07 Å². The lowest BCUT2D eigenvalue weighted by atomic mass is 10.0. The van der Waals surface area contributed by atoms with Gasteiger partial charge in [-0.15, -0.1) is 0 Å². The van der Waals surface area contributed by atoms with Crippen molar-refractivity contribution in [2.24, 2.45) is 0 Å². The van der Waals surface area contributed by atoms with Crippen molar-refractivity contribution in [3.63, 3.8) is 0 Å². The number of hydrogen-bond donors (Lipinski definition) is 1. The van der Waals surface area contributed by atoms with E-state index in [0.717, 1.165) is 0 Å². The number of carbonyl (C=O) groups excluding carboxylic acids is 1. The minimum atomic E-state index is -1.58. The molecule has 2 saturated heterocycles. The maximum atomic E-state index is 12.8. The topological polar surface area (TPSA) is 137 Å².